The van der Waals surface area contributed by atoms with Crippen molar-refractivity contribution in [1.29, 1.82) is 5.26 Å². The number of rotatable bonds is 6. The largest absolute Gasteiger partial charge is 0.494 e. The molecule has 2 aliphatic rings. The third kappa shape index (κ3) is 5.44. The zero-order valence-corrected chi connectivity index (χ0v) is 20.2. The minimum atomic E-state index is -0.654. The Kier molecular flexibility index (Phi) is 7.26. The lowest BCUT2D eigenvalue weighted by atomic mass is 9.73. The third-order valence-corrected chi connectivity index (χ3v) is 6.24. The van der Waals surface area contributed by atoms with Crippen LogP contribution in [-0.2, 0) is 14.0 Å². The molecule has 2 fully saturated rings. The van der Waals surface area contributed by atoms with Gasteiger partial charge in [-0.1, -0.05) is 31.5 Å². The topological polar surface area (TPSA) is 118 Å². The van der Waals surface area contributed by atoms with E-state index in [-0.39, 0.29) is 17.4 Å². The van der Waals surface area contributed by atoms with Crippen molar-refractivity contribution in [3.63, 3.8) is 0 Å². The molecular formula is C23H27BClN5O4. The second-order valence-corrected chi connectivity index (χ2v) is 9.75. The number of carbonyl (C=O) groups excluding carboxylic acids is 1. The molecule has 1 aliphatic carbocycles. The number of nitrogens with one attached hydrogen (secondary N) is 2. The van der Waals surface area contributed by atoms with Gasteiger partial charge in [-0.15, -0.1) is 0 Å². The first-order valence-electron chi connectivity index (χ1n) is 11.2. The van der Waals surface area contributed by atoms with Crippen LogP contribution < -0.4 is 16.1 Å². The second kappa shape index (κ2) is 10.2. The molecule has 2 aromatic rings. The highest BCUT2D eigenvalue weighted by Gasteiger charge is 2.36. The number of carbonyl (C=O) groups is 1. The number of benzene rings is 1. The van der Waals surface area contributed by atoms with Gasteiger partial charge in [0.1, 0.15) is 5.02 Å². The summed E-state index contributed by atoms with van der Waals surface area (Å²) in [5, 5.41) is 16.1. The molecule has 4 rings (SSSR count). The highest BCUT2D eigenvalue weighted by Crippen LogP contribution is 2.30. The van der Waals surface area contributed by atoms with E-state index < -0.39 is 13.1 Å². The van der Waals surface area contributed by atoms with Gasteiger partial charge in [-0.25, -0.2) is 9.78 Å². The van der Waals surface area contributed by atoms with Gasteiger partial charge in [0.15, 0.2) is 5.82 Å². The van der Waals surface area contributed by atoms with Crippen LogP contribution in [0.5, 0.6) is 0 Å². The molecule has 2 unspecified atom stereocenters. The first-order chi connectivity index (χ1) is 16.3. The lowest BCUT2D eigenvalue weighted by Crippen LogP contribution is -2.49. The Morgan fingerprint density at radius 1 is 1.32 bits per heavy atom. The van der Waals surface area contributed by atoms with Gasteiger partial charge in [-0.2, -0.15) is 10.2 Å². The van der Waals surface area contributed by atoms with Crippen molar-refractivity contribution in [3.05, 3.63) is 35.0 Å². The Balaban J connectivity index is 1.55. The molecule has 1 aromatic heterocycles. The SMILES string of the molecule is COC(=O)c1cc(Nc2ncc(Cl)c(NC3CCCC3C#N)n2)ccc1B1OCC(C)(C)CO1. The molecule has 0 spiro atoms. The molecule has 11 heteroatoms. The van der Waals surface area contributed by atoms with Gasteiger partial charge in [0.05, 0.1) is 30.9 Å². The van der Waals surface area contributed by atoms with Crippen LogP contribution in [0.1, 0.15) is 43.5 Å². The number of anilines is 3. The molecule has 178 valence electrons. The Labute approximate surface area is 204 Å². The second-order valence-electron chi connectivity index (χ2n) is 9.34. The fourth-order valence-electron chi connectivity index (χ4n) is 4.12. The lowest BCUT2D eigenvalue weighted by molar-refractivity contribution is 0.0340. The van der Waals surface area contributed by atoms with E-state index in [9.17, 15) is 10.1 Å². The molecule has 1 aromatic carbocycles. The number of methoxy groups -OCH3 is 1. The summed E-state index contributed by atoms with van der Waals surface area (Å²) in [5.74, 6) is 0.183. The van der Waals surface area contributed by atoms with Crippen LogP contribution in [0.25, 0.3) is 0 Å². The van der Waals surface area contributed by atoms with Gasteiger partial charge in [0.25, 0.3) is 0 Å². The molecule has 1 saturated heterocycles. The summed E-state index contributed by atoms with van der Waals surface area (Å²) < 4.78 is 16.7. The average molecular weight is 484 g/mol. The van der Waals surface area contributed by atoms with Crippen molar-refractivity contribution in [3.8, 4) is 6.07 Å². The maximum Gasteiger partial charge on any atom is 0.494 e. The van der Waals surface area contributed by atoms with Crippen molar-refractivity contribution in [2.45, 2.75) is 39.2 Å². The minimum Gasteiger partial charge on any atom is -0.465 e. The molecule has 2 heterocycles. The number of nitriles is 1. The Morgan fingerprint density at radius 3 is 2.79 bits per heavy atom. The molecule has 0 radical (unpaired) electrons. The quantitative estimate of drug-likeness (QED) is 0.470. The van der Waals surface area contributed by atoms with Crippen LogP contribution in [0.4, 0.5) is 17.5 Å². The number of hydrogen-bond acceptors (Lipinski definition) is 9. The standard InChI is InChI=1S/C23H27BClN5O4/c1-23(2)12-33-24(34-13-23)17-8-7-15(9-16(17)21(31)32-3)28-22-27-11-18(25)20(30-22)29-19-6-4-5-14(19)10-26/h7-9,11,14,19H,4-6,12-13H2,1-3H3,(H2,27,28,29,30). The number of hydrogen-bond donors (Lipinski definition) is 2. The van der Waals surface area contributed by atoms with Gasteiger partial charge >= 0.3 is 13.1 Å². The molecular weight excluding hydrogens is 457 g/mol. The summed E-state index contributed by atoms with van der Waals surface area (Å²) in [7, 11) is 0.675. The van der Waals surface area contributed by atoms with E-state index in [1.807, 2.05) is 0 Å². The highest BCUT2D eigenvalue weighted by molar-refractivity contribution is 6.63. The summed E-state index contributed by atoms with van der Waals surface area (Å²) in [6.07, 6.45) is 4.22. The molecule has 2 atom stereocenters. The normalized spacial score (nSPS) is 21.6. The number of esters is 1. The smallest absolute Gasteiger partial charge is 0.465 e. The van der Waals surface area contributed by atoms with Crippen LogP contribution in [-0.4, -0.2) is 49.4 Å². The molecule has 1 saturated carbocycles. The van der Waals surface area contributed by atoms with Gasteiger partial charge in [0.2, 0.25) is 5.95 Å². The van der Waals surface area contributed by atoms with Crippen LogP contribution in [0.2, 0.25) is 5.02 Å². The highest BCUT2D eigenvalue weighted by atomic mass is 35.5. The molecule has 1 aliphatic heterocycles. The molecule has 2 N–H and O–H groups in total. The Bertz CT molecular complexity index is 1100. The molecule has 9 nitrogen and oxygen atoms in total. The van der Waals surface area contributed by atoms with Crippen molar-refractivity contribution in [2.75, 3.05) is 31.0 Å². The molecule has 0 bridgehead atoms. The predicted octanol–water partition coefficient (Wildman–Crippen LogP) is 3.53. The molecule has 34 heavy (non-hydrogen) atoms. The van der Waals surface area contributed by atoms with E-state index in [1.54, 1.807) is 18.2 Å². The number of nitrogens with zero attached hydrogens (tertiary/aromatic N) is 3. The van der Waals surface area contributed by atoms with E-state index >= 15 is 0 Å². The maximum atomic E-state index is 12.5. The summed E-state index contributed by atoms with van der Waals surface area (Å²) in [6.45, 7) is 5.14. The van der Waals surface area contributed by atoms with Crippen molar-refractivity contribution >= 4 is 47.6 Å². The van der Waals surface area contributed by atoms with Gasteiger partial charge < -0.3 is 24.7 Å². The monoisotopic (exact) mass is 483 g/mol. The van der Waals surface area contributed by atoms with E-state index in [0.29, 0.717) is 46.7 Å². The van der Waals surface area contributed by atoms with Crippen molar-refractivity contribution in [2.24, 2.45) is 11.3 Å². The van der Waals surface area contributed by atoms with Crippen LogP contribution in [0.3, 0.4) is 0 Å². The zero-order valence-electron chi connectivity index (χ0n) is 19.4. The van der Waals surface area contributed by atoms with Gasteiger partial charge in [0, 0.05) is 30.4 Å². The van der Waals surface area contributed by atoms with E-state index in [0.717, 1.165) is 19.3 Å². The predicted molar refractivity (Wildman–Crippen MR) is 130 cm³/mol. The van der Waals surface area contributed by atoms with Crippen molar-refractivity contribution in [1.82, 2.24) is 9.97 Å². The summed E-state index contributed by atoms with van der Waals surface area (Å²) >= 11 is 6.29. The maximum absolute atomic E-state index is 12.5. The Morgan fingerprint density at radius 2 is 2.09 bits per heavy atom. The van der Waals surface area contributed by atoms with Crippen LogP contribution >= 0.6 is 11.6 Å². The van der Waals surface area contributed by atoms with E-state index in [2.05, 4.69) is 40.5 Å². The fourth-order valence-corrected chi connectivity index (χ4v) is 4.26. The fraction of sp³-hybridized carbons (Fsp3) is 0.478. The number of ether oxygens (including phenoxy) is 1. The minimum absolute atomic E-state index is 0.00377. The number of halogens is 1. The zero-order chi connectivity index (χ0) is 24.3. The first-order valence-corrected chi connectivity index (χ1v) is 11.6. The van der Waals surface area contributed by atoms with Gasteiger partial charge in [-0.3, -0.25) is 0 Å². The summed E-state index contributed by atoms with van der Waals surface area (Å²) in [4.78, 5) is 21.2. The third-order valence-electron chi connectivity index (χ3n) is 5.97. The van der Waals surface area contributed by atoms with E-state index in [1.165, 1.54) is 13.3 Å². The summed E-state index contributed by atoms with van der Waals surface area (Å²) in [6, 6.07) is 7.55. The lowest BCUT2D eigenvalue weighted by Gasteiger charge is -2.33. The average Bonchev–Trinajstić information content (AvgIpc) is 3.28. The first kappa shape index (κ1) is 24.3. The summed E-state index contributed by atoms with van der Waals surface area (Å²) in [5.41, 5.74) is 1.42. The van der Waals surface area contributed by atoms with Crippen molar-refractivity contribution < 1.29 is 18.8 Å². The van der Waals surface area contributed by atoms with E-state index in [4.69, 9.17) is 25.6 Å². The Hall–Kier alpha value is -2.87. The molecule has 0 amide bonds. The van der Waals surface area contributed by atoms with Crippen LogP contribution in [0.15, 0.2) is 24.4 Å². The number of aromatic nitrogens is 2. The van der Waals surface area contributed by atoms with Gasteiger partial charge in [-0.05, 0) is 36.9 Å². The van der Waals surface area contributed by atoms with Crippen LogP contribution in [0, 0.1) is 22.7 Å².